The number of H-pyrrole nitrogens is 1. The van der Waals surface area contributed by atoms with Crippen molar-refractivity contribution in [1.29, 1.82) is 0 Å². The highest BCUT2D eigenvalue weighted by Crippen LogP contribution is 2.30. The molecule has 1 N–H and O–H groups in total. The fourth-order valence-electron chi connectivity index (χ4n) is 3.22. The van der Waals surface area contributed by atoms with E-state index in [1.807, 2.05) is 12.4 Å². The summed E-state index contributed by atoms with van der Waals surface area (Å²) in [7, 11) is 0. The molecule has 0 radical (unpaired) electrons. The highest BCUT2D eigenvalue weighted by atomic mass is 15.0. The molecule has 112 valence electrons. The number of rotatable bonds is 3. The van der Waals surface area contributed by atoms with E-state index in [2.05, 4.69) is 83.2 Å². The minimum atomic E-state index is 0.986. The standard InChI is InChI=1S/C21H18N2/c1-2-23-20-6-4-3-5-18(20)19-15-17(9-10-21(19)23)8-7-16-11-13-22-14-12-16/h3-15H,2H2,1H3/p+1/b8-7+. The topological polar surface area (TPSA) is 19.1 Å². The van der Waals surface area contributed by atoms with Crippen molar-refractivity contribution in [3.63, 3.8) is 0 Å². The van der Waals surface area contributed by atoms with Crippen molar-refractivity contribution in [3.8, 4) is 0 Å². The molecule has 0 unspecified atom stereocenters. The third-order valence-electron chi connectivity index (χ3n) is 4.32. The second-order valence-corrected chi connectivity index (χ2v) is 5.70. The van der Waals surface area contributed by atoms with Crippen LogP contribution in [0.4, 0.5) is 0 Å². The lowest BCUT2D eigenvalue weighted by atomic mass is 10.1. The van der Waals surface area contributed by atoms with E-state index in [0.717, 1.165) is 6.54 Å². The molecular weight excluding hydrogens is 280 g/mol. The van der Waals surface area contributed by atoms with E-state index in [-0.39, 0.29) is 0 Å². The van der Waals surface area contributed by atoms with Gasteiger partial charge < -0.3 is 4.57 Å². The maximum atomic E-state index is 3.05. The van der Waals surface area contributed by atoms with Gasteiger partial charge in [0.25, 0.3) is 0 Å². The zero-order chi connectivity index (χ0) is 15.6. The Morgan fingerprint density at radius 3 is 2.39 bits per heavy atom. The summed E-state index contributed by atoms with van der Waals surface area (Å²) in [4.78, 5) is 3.05. The molecule has 0 spiro atoms. The summed E-state index contributed by atoms with van der Waals surface area (Å²) in [6.07, 6.45) is 8.20. The highest BCUT2D eigenvalue weighted by molar-refractivity contribution is 6.08. The fraction of sp³-hybridized carbons (Fsp3) is 0.0952. The molecule has 0 aliphatic heterocycles. The first kappa shape index (κ1) is 13.8. The van der Waals surface area contributed by atoms with Crippen LogP contribution in [0.25, 0.3) is 34.0 Å². The minimum Gasteiger partial charge on any atom is -0.341 e. The van der Waals surface area contributed by atoms with E-state index in [9.17, 15) is 0 Å². The van der Waals surface area contributed by atoms with Gasteiger partial charge in [-0.2, -0.15) is 0 Å². The van der Waals surface area contributed by atoms with Crippen LogP contribution in [0.1, 0.15) is 18.1 Å². The zero-order valence-electron chi connectivity index (χ0n) is 13.2. The molecule has 4 rings (SSSR count). The molecule has 0 aliphatic rings. The average molecular weight is 299 g/mol. The number of aromatic amines is 1. The number of hydrogen-bond donors (Lipinski definition) is 0. The molecule has 0 saturated carbocycles. The van der Waals surface area contributed by atoms with Crippen LogP contribution >= 0.6 is 0 Å². The van der Waals surface area contributed by atoms with Crippen molar-refractivity contribution in [2.45, 2.75) is 13.5 Å². The first-order valence-electron chi connectivity index (χ1n) is 8.02. The van der Waals surface area contributed by atoms with Crippen LogP contribution in [0.2, 0.25) is 0 Å². The summed E-state index contributed by atoms with van der Waals surface area (Å²) < 4.78 is 2.38. The number of nitrogens with one attached hydrogen (secondary N) is 1. The van der Waals surface area contributed by atoms with Crippen molar-refractivity contribution in [1.82, 2.24) is 4.57 Å². The summed E-state index contributed by atoms with van der Waals surface area (Å²) >= 11 is 0. The van der Waals surface area contributed by atoms with Gasteiger partial charge in [0.1, 0.15) is 0 Å². The Labute approximate surface area is 135 Å². The maximum absolute atomic E-state index is 3.05. The summed E-state index contributed by atoms with van der Waals surface area (Å²) in [5.74, 6) is 0. The molecule has 4 aromatic rings. The molecular formula is C21H19N2+. The lowest BCUT2D eigenvalue weighted by Crippen LogP contribution is -1.96. The number of pyridine rings is 1. The molecule has 0 aliphatic carbocycles. The summed E-state index contributed by atoms with van der Waals surface area (Å²) in [5.41, 5.74) is 5.04. The van der Waals surface area contributed by atoms with Gasteiger partial charge in [-0.15, -0.1) is 0 Å². The first-order valence-corrected chi connectivity index (χ1v) is 8.02. The van der Waals surface area contributed by atoms with Crippen molar-refractivity contribution in [3.05, 3.63) is 78.1 Å². The third-order valence-corrected chi connectivity index (χ3v) is 4.32. The summed E-state index contributed by atoms with van der Waals surface area (Å²) in [6.45, 7) is 3.19. The fourth-order valence-corrected chi connectivity index (χ4v) is 3.22. The van der Waals surface area contributed by atoms with Crippen molar-refractivity contribution >= 4 is 34.0 Å². The molecule has 23 heavy (non-hydrogen) atoms. The molecule has 0 fully saturated rings. The number of fused-ring (bicyclic) bond motifs is 3. The smallest absolute Gasteiger partial charge is 0.167 e. The van der Waals surface area contributed by atoms with E-state index in [1.54, 1.807) is 0 Å². The van der Waals surface area contributed by atoms with Gasteiger partial charge in [0, 0.05) is 40.5 Å². The monoisotopic (exact) mass is 299 g/mol. The van der Waals surface area contributed by atoms with Crippen LogP contribution in [-0.4, -0.2) is 4.57 Å². The zero-order valence-corrected chi connectivity index (χ0v) is 13.2. The maximum Gasteiger partial charge on any atom is 0.167 e. The van der Waals surface area contributed by atoms with E-state index in [4.69, 9.17) is 0 Å². The van der Waals surface area contributed by atoms with E-state index < -0.39 is 0 Å². The Morgan fingerprint density at radius 1 is 0.826 bits per heavy atom. The van der Waals surface area contributed by atoms with Crippen molar-refractivity contribution in [2.24, 2.45) is 0 Å². The Hall–Kier alpha value is -2.87. The second kappa shape index (κ2) is 5.73. The molecule has 2 aromatic heterocycles. The third kappa shape index (κ3) is 2.42. The lowest BCUT2D eigenvalue weighted by molar-refractivity contribution is -0.378. The van der Waals surface area contributed by atoms with Gasteiger partial charge in [-0.05, 0) is 36.2 Å². The number of aryl methyl sites for hydroxylation is 1. The minimum absolute atomic E-state index is 0.986. The first-order chi connectivity index (χ1) is 11.4. The van der Waals surface area contributed by atoms with Gasteiger partial charge in [0.2, 0.25) is 0 Å². The van der Waals surface area contributed by atoms with Crippen LogP contribution in [0.3, 0.4) is 0 Å². The van der Waals surface area contributed by atoms with Gasteiger partial charge >= 0.3 is 0 Å². The number of benzene rings is 2. The number of nitrogens with zero attached hydrogens (tertiary/aromatic N) is 1. The van der Waals surface area contributed by atoms with Crippen molar-refractivity contribution in [2.75, 3.05) is 0 Å². The Kier molecular flexibility index (Phi) is 3.43. The van der Waals surface area contributed by atoms with Gasteiger partial charge in [0.15, 0.2) is 12.4 Å². The number of para-hydroxylation sites is 1. The quantitative estimate of drug-likeness (QED) is 0.517. The van der Waals surface area contributed by atoms with Crippen LogP contribution in [-0.2, 0) is 6.54 Å². The Morgan fingerprint density at radius 2 is 1.57 bits per heavy atom. The van der Waals surface area contributed by atoms with Crippen molar-refractivity contribution < 1.29 is 4.98 Å². The number of hydrogen-bond acceptors (Lipinski definition) is 0. The van der Waals surface area contributed by atoms with Gasteiger partial charge in [-0.1, -0.05) is 36.4 Å². The SMILES string of the molecule is CCn1c2ccccc2c2cc(/C=C/c3cc[nH+]cc3)ccc21. The van der Waals surface area contributed by atoms with E-state index in [0.29, 0.717) is 0 Å². The van der Waals surface area contributed by atoms with E-state index >= 15 is 0 Å². The Bertz CT molecular complexity index is 994. The second-order valence-electron chi connectivity index (χ2n) is 5.70. The predicted molar refractivity (Wildman–Crippen MR) is 97.0 cm³/mol. The average Bonchev–Trinajstić information content (AvgIpc) is 2.94. The molecule has 2 nitrogen and oxygen atoms in total. The summed E-state index contributed by atoms with van der Waals surface area (Å²) in [5, 5.41) is 2.65. The van der Waals surface area contributed by atoms with Gasteiger partial charge in [-0.25, -0.2) is 4.98 Å². The largest absolute Gasteiger partial charge is 0.341 e. The van der Waals surface area contributed by atoms with Crippen LogP contribution < -0.4 is 4.98 Å². The van der Waals surface area contributed by atoms with E-state index in [1.165, 1.54) is 32.9 Å². The van der Waals surface area contributed by atoms with Gasteiger partial charge in [-0.3, -0.25) is 0 Å². The molecule has 0 amide bonds. The molecule has 0 atom stereocenters. The molecule has 0 bridgehead atoms. The van der Waals surface area contributed by atoms with Crippen LogP contribution in [0.5, 0.6) is 0 Å². The van der Waals surface area contributed by atoms with Crippen LogP contribution in [0, 0.1) is 0 Å². The highest BCUT2D eigenvalue weighted by Gasteiger charge is 2.08. The molecule has 2 heteroatoms. The molecule has 2 aromatic carbocycles. The normalized spacial score (nSPS) is 11.7. The number of aromatic nitrogens is 2. The predicted octanol–water partition coefficient (Wildman–Crippen LogP) is 4.80. The van der Waals surface area contributed by atoms with Crippen LogP contribution in [0.15, 0.2) is 67.0 Å². The Balaban J connectivity index is 1.85. The molecule has 0 saturated heterocycles. The molecule has 2 heterocycles. The summed E-state index contributed by atoms with van der Waals surface area (Å²) in [6, 6.07) is 19.5. The van der Waals surface area contributed by atoms with Gasteiger partial charge in [0.05, 0.1) is 0 Å². The lowest BCUT2D eigenvalue weighted by Gasteiger charge is -2.02.